The third-order valence-electron chi connectivity index (χ3n) is 2.46. The number of hydrogen-bond acceptors (Lipinski definition) is 2. The zero-order valence-corrected chi connectivity index (χ0v) is 8.27. The van der Waals surface area contributed by atoms with Crippen LogP contribution in [0.1, 0.15) is 25.8 Å². The highest BCUT2D eigenvalue weighted by Crippen LogP contribution is 2.11. The van der Waals surface area contributed by atoms with E-state index >= 15 is 0 Å². The summed E-state index contributed by atoms with van der Waals surface area (Å²) in [5.41, 5.74) is 1.29. The van der Waals surface area contributed by atoms with Gasteiger partial charge in [-0.3, -0.25) is 4.98 Å². The quantitative estimate of drug-likeness (QED) is 0.767. The molecule has 2 atom stereocenters. The van der Waals surface area contributed by atoms with E-state index in [9.17, 15) is 5.11 Å². The van der Waals surface area contributed by atoms with Crippen molar-refractivity contribution in [1.82, 2.24) is 4.98 Å². The van der Waals surface area contributed by atoms with E-state index in [-0.39, 0.29) is 6.10 Å². The zero-order chi connectivity index (χ0) is 9.68. The van der Waals surface area contributed by atoms with Gasteiger partial charge < -0.3 is 5.11 Å². The molecule has 13 heavy (non-hydrogen) atoms. The molecule has 0 bridgehead atoms. The lowest BCUT2D eigenvalue weighted by Crippen LogP contribution is -2.13. The summed E-state index contributed by atoms with van der Waals surface area (Å²) < 4.78 is 0. The van der Waals surface area contributed by atoms with Crippen molar-refractivity contribution in [1.29, 1.82) is 0 Å². The normalized spacial score (nSPS) is 15.3. The second-order valence-corrected chi connectivity index (χ2v) is 3.61. The number of rotatable bonds is 4. The summed E-state index contributed by atoms with van der Waals surface area (Å²) >= 11 is 0. The van der Waals surface area contributed by atoms with E-state index in [2.05, 4.69) is 11.9 Å². The first-order valence-corrected chi connectivity index (χ1v) is 4.77. The molecule has 0 spiro atoms. The van der Waals surface area contributed by atoms with Gasteiger partial charge in [-0.1, -0.05) is 6.92 Å². The third kappa shape index (κ3) is 3.55. The Morgan fingerprint density at radius 2 is 1.92 bits per heavy atom. The zero-order valence-electron chi connectivity index (χ0n) is 8.27. The largest absolute Gasteiger partial charge is 0.393 e. The number of aryl methyl sites for hydroxylation is 1. The Morgan fingerprint density at radius 1 is 1.31 bits per heavy atom. The van der Waals surface area contributed by atoms with Crippen molar-refractivity contribution in [2.45, 2.75) is 32.8 Å². The second-order valence-electron chi connectivity index (χ2n) is 3.61. The molecule has 0 radical (unpaired) electrons. The monoisotopic (exact) mass is 179 g/mol. The maximum atomic E-state index is 9.29. The smallest absolute Gasteiger partial charge is 0.0537 e. The number of aliphatic hydroxyl groups is 1. The van der Waals surface area contributed by atoms with Crippen molar-refractivity contribution in [3.63, 3.8) is 0 Å². The molecule has 1 heterocycles. The van der Waals surface area contributed by atoms with Crippen LogP contribution in [0.15, 0.2) is 24.5 Å². The van der Waals surface area contributed by atoms with Crippen molar-refractivity contribution in [3.8, 4) is 0 Å². The molecule has 1 aromatic heterocycles. The van der Waals surface area contributed by atoms with Crippen LogP contribution in [-0.4, -0.2) is 16.2 Å². The lowest BCUT2D eigenvalue weighted by molar-refractivity contribution is 0.130. The molecular formula is C11H17NO. The van der Waals surface area contributed by atoms with E-state index in [1.54, 1.807) is 0 Å². The molecule has 1 rings (SSSR count). The van der Waals surface area contributed by atoms with E-state index in [1.165, 1.54) is 5.56 Å². The molecule has 1 N–H and O–H groups in total. The Labute approximate surface area is 79.6 Å². The molecule has 0 aliphatic rings. The second kappa shape index (κ2) is 4.97. The van der Waals surface area contributed by atoms with Crippen LogP contribution in [0.4, 0.5) is 0 Å². The molecule has 0 saturated carbocycles. The molecule has 1 aromatic rings. The number of hydrogen-bond donors (Lipinski definition) is 1. The van der Waals surface area contributed by atoms with E-state index in [1.807, 2.05) is 31.5 Å². The highest BCUT2D eigenvalue weighted by molar-refractivity contribution is 5.09. The Morgan fingerprint density at radius 3 is 2.46 bits per heavy atom. The number of nitrogens with zero attached hydrogens (tertiary/aromatic N) is 1. The van der Waals surface area contributed by atoms with Crippen molar-refractivity contribution < 1.29 is 5.11 Å². The first kappa shape index (κ1) is 10.2. The van der Waals surface area contributed by atoms with E-state index < -0.39 is 0 Å². The maximum Gasteiger partial charge on any atom is 0.0537 e. The number of aliphatic hydroxyl groups excluding tert-OH is 1. The SMILES string of the molecule is CC(O)C(C)CCc1ccncc1. The average Bonchev–Trinajstić information content (AvgIpc) is 2.15. The van der Waals surface area contributed by atoms with E-state index in [4.69, 9.17) is 0 Å². The predicted octanol–water partition coefficient (Wildman–Crippen LogP) is 2.03. The Balaban J connectivity index is 2.35. The predicted molar refractivity (Wildman–Crippen MR) is 53.4 cm³/mol. The fourth-order valence-corrected chi connectivity index (χ4v) is 1.18. The molecule has 72 valence electrons. The van der Waals surface area contributed by atoms with Gasteiger partial charge >= 0.3 is 0 Å². The molecule has 2 unspecified atom stereocenters. The van der Waals surface area contributed by atoms with Crippen molar-refractivity contribution in [2.24, 2.45) is 5.92 Å². The summed E-state index contributed by atoms with van der Waals surface area (Å²) in [6.07, 6.45) is 5.46. The third-order valence-corrected chi connectivity index (χ3v) is 2.46. The van der Waals surface area contributed by atoms with Crippen LogP contribution in [0.3, 0.4) is 0 Å². The lowest BCUT2D eigenvalue weighted by atomic mass is 9.98. The molecule has 0 aliphatic heterocycles. The molecule has 0 amide bonds. The van der Waals surface area contributed by atoms with Gasteiger partial charge in [0, 0.05) is 12.4 Å². The van der Waals surface area contributed by atoms with Crippen molar-refractivity contribution in [2.75, 3.05) is 0 Å². The number of pyridine rings is 1. The summed E-state index contributed by atoms with van der Waals surface area (Å²) in [6, 6.07) is 4.05. The Bertz CT molecular complexity index is 233. The Kier molecular flexibility index (Phi) is 3.90. The van der Waals surface area contributed by atoms with Crippen LogP contribution < -0.4 is 0 Å². The van der Waals surface area contributed by atoms with Gasteiger partial charge in [0.25, 0.3) is 0 Å². The molecule has 0 saturated heterocycles. The van der Waals surface area contributed by atoms with Gasteiger partial charge in [0.2, 0.25) is 0 Å². The van der Waals surface area contributed by atoms with Crippen LogP contribution >= 0.6 is 0 Å². The number of aromatic nitrogens is 1. The summed E-state index contributed by atoms with van der Waals surface area (Å²) in [6.45, 7) is 3.92. The minimum absolute atomic E-state index is 0.207. The van der Waals surface area contributed by atoms with Gasteiger partial charge in [-0.15, -0.1) is 0 Å². The van der Waals surface area contributed by atoms with Gasteiger partial charge in [-0.25, -0.2) is 0 Å². The van der Waals surface area contributed by atoms with Crippen molar-refractivity contribution >= 4 is 0 Å². The fraction of sp³-hybridized carbons (Fsp3) is 0.545. The standard InChI is InChI=1S/C11H17NO/c1-9(10(2)13)3-4-11-5-7-12-8-6-11/h5-10,13H,3-4H2,1-2H3. The summed E-state index contributed by atoms with van der Waals surface area (Å²) in [5, 5.41) is 9.29. The fourth-order valence-electron chi connectivity index (χ4n) is 1.18. The van der Waals surface area contributed by atoms with Crippen LogP contribution in [0, 0.1) is 5.92 Å². The molecule has 0 aromatic carbocycles. The van der Waals surface area contributed by atoms with Crippen LogP contribution in [-0.2, 0) is 6.42 Å². The highest BCUT2D eigenvalue weighted by atomic mass is 16.3. The van der Waals surface area contributed by atoms with Crippen LogP contribution in [0.25, 0.3) is 0 Å². The molecule has 2 heteroatoms. The average molecular weight is 179 g/mol. The summed E-state index contributed by atoms with van der Waals surface area (Å²) in [4.78, 5) is 3.96. The summed E-state index contributed by atoms with van der Waals surface area (Å²) in [7, 11) is 0. The van der Waals surface area contributed by atoms with Gasteiger partial charge in [-0.2, -0.15) is 0 Å². The van der Waals surface area contributed by atoms with Crippen molar-refractivity contribution in [3.05, 3.63) is 30.1 Å². The minimum Gasteiger partial charge on any atom is -0.393 e. The summed E-state index contributed by atoms with van der Waals surface area (Å²) in [5.74, 6) is 0.369. The first-order chi connectivity index (χ1) is 6.20. The Hall–Kier alpha value is -0.890. The minimum atomic E-state index is -0.207. The first-order valence-electron chi connectivity index (χ1n) is 4.77. The maximum absolute atomic E-state index is 9.29. The molecule has 0 aliphatic carbocycles. The van der Waals surface area contributed by atoms with Gasteiger partial charge in [0.1, 0.15) is 0 Å². The topological polar surface area (TPSA) is 33.1 Å². The van der Waals surface area contributed by atoms with Gasteiger partial charge in [-0.05, 0) is 43.4 Å². The van der Waals surface area contributed by atoms with E-state index in [0.717, 1.165) is 12.8 Å². The van der Waals surface area contributed by atoms with Crippen LogP contribution in [0.2, 0.25) is 0 Å². The lowest BCUT2D eigenvalue weighted by Gasteiger charge is -2.13. The molecule has 0 fully saturated rings. The van der Waals surface area contributed by atoms with Gasteiger partial charge in [0.15, 0.2) is 0 Å². The highest BCUT2D eigenvalue weighted by Gasteiger charge is 2.07. The molecular weight excluding hydrogens is 162 g/mol. The van der Waals surface area contributed by atoms with Gasteiger partial charge in [0.05, 0.1) is 6.10 Å². The van der Waals surface area contributed by atoms with E-state index in [0.29, 0.717) is 5.92 Å². The van der Waals surface area contributed by atoms with Crippen LogP contribution in [0.5, 0.6) is 0 Å². The molecule has 2 nitrogen and oxygen atoms in total.